The molecular weight excluding hydrogens is 418 g/mol. The summed E-state index contributed by atoms with van der Waals surface area (Å²) in [6.45, 7) is 0. The van der Waals surface area contributed by atoms with Crippen molar-refractivity contribution in [3.8, 4) is 0 Å². The second-order valence-corrected chi connectivity index (χ2v) is 8.78. The van der Waals surface area contributed by atoms with Crippen LogP contribution in [-0.2, 0) is 15.1 Å². The minimum absolute atomic E-state index is 0.0511. The molecule has 1 aromatic heterocycles. The van der Waals surface area contributed by atoms with Crippen LogP contribution >= 0.6 is 23.4 Å². The number of carbonyl (C=O) groups is 2. The number of amides is 1. The lowest BCUT2D eigenvalue weighted by molar-refractivity contribution is -0.146. The zero-order chi connectivity index (χ0) is 21.1. The zero-order valence-corrected chi connectivity index (χ0v) is 18.2. The maximum Gasteiger partial charge on any atom is 0.233 e. The standard InChI is InChI=1S/C23H22ClN3O2S/c1-27(21(29)14-30-22-16-8-2-5-11-19(16)25-15-26-22)23(13-7-6-12-20(23)28)17-9-3-4-10-18(17)24/h2-5,8-11,15H,6-7,12-14H2,1H3. The highest BCUT2D eigenvalue weighted by molar-refractivity contribution is 8.00. The molecule has 2 aromatic carbocycles. The Hall–Kier alpha value is -2.44. The zero-order valence-electron chi connectivity index (χ0n) is 16.7. The monoisotopic (exact) mass is 439 g/mol. The first-order valence-electron chi connectivity index (χ1n) is 9.91. The van der Waals surface area contributed by atoms with E-state index in [0.717, 1.165) is 28.8 Å². The topological polar surface area (TPSA) is 63.2 Å². The van der Waals surface area contributed by atoms with Gasteiger partial charge in [0.05, 0.1) is 11.3 Å². The number of aromatic nitrogens is 2. The van der Waals surface area contributed by atoms with E-state index in [1.54, 1.807) is 18.0 Å². The summed E-state index contributed by atoms with van der Waals surface area (Å²) in [5.41, 5.74) is 0.539. The number of hydrogen-bond donors (Lipinski definition) is 0. The predicted molar refractivity (Wildman–Crippen MR) is 120 cm³/mol. The van der Waals surface area contributed by atoms with Gasteiger partial charge in [-0.05, 0) is 31.4 Å². The van der Waals surface area contributed by atoms with Crippen LogP contribution in [0.2, 0.25) is 5.02 Å². The number of ketones is 1. The number of benzene rings is 2. The molecule has 0 aliphatic heterocycles. The van der Waals surface area contributed by atoms with Crippen molar-refractivity contribution in [2.75, 3.05) is 12.8 Å². The molecule has 1 unspecified atom stereocenters. The Bertz CT molecular complexity index is 1100. The third-order valence-corrected chi connectivity index (χ3v) is 7.08. The fourth-order valence-corrected chi connectivity index (χ4v) is 5.36. The molecule has 0 N–H and O–H groups in total. The molecule has 3 aromatic rings. The van der Waals surface area contributed by atoms with Gasteiger partial charge in [-0.1, -0.05) is 59.8 Å². The van der Waals surface area contributed by atoms with Crippen molar-refractivity contribution in [1.82, 2.24) is 14.9 Å². The lowest BCUT2D eigenvalue weighted by atomic mass is 9.74. The van der Waals surface area contributed by atoms with Gasteiger partial charge in [0.1, 0.15) is 16.9 Å². The number of Topliss-reactive ketones (excluding diaryl/α,β-unsaturated/α-hetero) is 1. The first-order chi connectivity index (χ1) is 14.5. The summed E-state index contributed by atoms with van der Waals surface area (Å²) < 4.78 is 0. The maximum absolute atomic E-state index is 13.3. The van der Waals surface area contributed by atoms with Crippen LogP contribution < -0.4 is 0 Å². The molecule has 1 heterocycles. The summed E-state index contributed by atoms with van der Waals surface area (Å²) in [6.07, 6.45) is 4.26. The Morgan fingerprint density at radius 1 is 1.13 bits per heavy atom. The van der Waals surface area contributed by atoms with Crippen LogP contribution in [0, 0.1) is 0 Å². The Kier molecular flexibility index (Phi) is 6.06. The molecule has 30 heavy (non-hydrogen) atoms. The van der Waals surface area contributed by atoms with E-state index in [1.165, 1.54) is 18.1 Å². The number of fused-ring (bicyclic) bond motifs is 1. The molecule has 0 radical (unpaired) electrons. The lowest BCUT2D eigenvalue weighted by Gasteiger charge is -2.44. The normalized spacial score (nSPS) is 19.1. The molecule has 5 nitrogen and oxygen atoms in total. The predicted octanol–water partition coefficient (Wildman–Crippen LogP) is 4.87. The Labute approximate surface area is 184 Å². The Morgan fingerprint density at radius 3 is 2.70 bits per heavy atom. The SMILES string of the molecule is CN(C(=O)CSc1ncnc2ccccc12)C1(c2ccccc2Cl)CCCCC1=O. The van der Waals surface area contributed by atoms with Crippen LogP contribution in [0.5, 0.6) is 0 Å². The van der Waals surface area contributed by atoms with E-state index in [0.29, 0.717) is 23.4 Å². The van der Waals surface area contributed by atoms with Crippen LogP contribution in [0.4, 0.5) is 0 Å². The lowest BCUT2D eigenvalue weighted by Crippen LogP contribution is -2.54. The number of nitrogens with zero attached hydrogens (tertiary/aromatic N) is 3. The highest BCUT2D eigenvalue weighted by Gasteiger charge is 2.47. The van der Waals surface area contributed by atoms with E-state index in [9.17, 15) is 9.59 Å². The third-order valence-electron chi connectivity index (χ3n) is 5.76. The fourth-order valence-electron chi connectivity index (χ4n) is 4.16. The van der Waals surface area contributed by atoms with Crippen LogP contribution in [0.3, 0.4) is 0 Å². The highest BCUT2D eigenvalue weighted by Crippen LogP contribution is 2.42. The molecule has 0 saturated heterocycles. The molecule has 1 saturated carbocycles. The van der Waals surface area contributed by atoms with Gasteiger partial charge in [-0.3, -0.25) is 9.59 Å². The summed E-state index contributed by atoms with van der Waals surface area (Å²) in [5.74, 6) is 0.102. The Morgan fingerprint density at radius 2 is 1.90 bits per heavy atom. The van der Waals surface area contributed by atoms with Gasteiger partial charge in [0, 0.05) is 29.4 Å². The minimum atomic E-state index is -1.01. The number of thioether (sulfide) groups is 1. The molecule has 1 aliphatic carbocycles. The quantitative estimate of drug-likeness (QED) is 0.419. The van der Waals surface area contributed by atoms with Crippen molar-refractivity contribution in [1.29, 1.82) is 0 Å². The van der Waals surface area contributed by atoms with Gasteiger partial charge >= 0.3 is 0 Å². The summed E-state index contributed by atoms with van der Waals surface area (Å²) >= 11 is 7.85. The molecular formula is C23H22ClN3O2S. The molecule has 1 fully saturated rings. The van der Waals surface area contributed by atoms with Crippen LogP contribution in [0.1, 0.15) is 31.2 Å². The molecule has 154 valence electrons. The summed E-state index contributed by atoms with van der Waals surface area (Å²) in [6, 6.07) is 15.1. The van der Waals surface area contributed by atoms with Crippen molar-refractivity contribution in [3.63, 3.8) is 0 Å². The number of halogens is 1. The molecule has 1 atom stereocenters. The number of para-hydroxylation sites is 1. The van der Waals surface area contributed by atoms with E-state index in [4.69, 9.17) is 11.6 Å². The molecule has 4 rings (SSSR count). The van der Waals surface area contributed by atoms with E-state index in [-0.39, 0.29) is 17.4 Å². The van der Waals surface area contributed by atoms with Crippen molar-refractivity contribution < 1.29 is 9.59 Å². The number of carbonyl (C=O) groups excluding carboxylic acids is 2. The summed E-state index contributed by atoms with van der Waals surface area (Å²) in [5, 5.41) is 2.18. The van der Waals surface area contributed by atoms with Gasteiger partial charge in [0.25, 0.3) is 0 Å². The van der Waals surface area contributed by atoms with Gasteiger partial charge in [0.15, 0.2) is 5.78 Å². The van der Waals surface area contributed by atoms with Gasteiger partial charge in [-0.25, -0.2) is 9.97 Å². The molecule has 1 aliphatic rings. The van der Waals surface area contributed by atoms with Gasteiger partial charge < -0.3 is 4.90 Å². The van der Waals surface area contributed by atoms with Crippen molar-refractivity contribution in [3.05, 3.63) is 65.4 Å². The second kappa shape index (κ2) is 8.74. The second-order valence-electron chi connectivity index (χ2n) is 7.41. The number of rotatable bonds is 5. The average molecular weight is 440 g/mol. The maximum atomic E-state index is 13.3. The van der Waals surface area contributed by atoms with E-state index in [2.05, 4.69) is 9.97 Å². The van der Waals surface area contributed by atoms with Crippen LogP contribution in [0.15, 0.2) is 59.9 Å². The van der Waals surface area contributed by atoms with Crippen molar-refractivity contribution in [2.24, 2.45) is 0 Å². The third kappa shape index (κ3) is 3.70. The van der Waals surface area contributed by atoms with Gasteiger partial charge in [-0.2, -0.15) is 0 Å². The smallest absolute Gasteiger partial charge is 0.233 e. The largest absolute Gasteiger partial charge is 0.328 e. The number of hydrogen-bond acceptors (Lipinski definition) is 5. The minimum Gasteiger partial charge on any atom is -0.328 e. The summed E-state index contributed by atoms with van der Waals surface area (Å²) in [4.78, 5) is 36.7. The first-order valence-corrected chi connectivity index (χ1v) is 11.3. The molecule has 0 spiro atoms. The Balaban J connectivity index is 1.62. The van der Waals surface area contributed by atoms with Gasteiger partial charge in [0.2, 0.25) is 5.91 Å². The number of likely N-dealkylation sites (N-methyl/N-ethyl adjacent to an activating group) is 1. The molecule has 7 heteroatoms. The first kappa shape index (κ1) is 20.8. The summed E-state index contributed by atoms with van der Waals surface area (Å²) in [7, 11) is 1.72. The van der Waals surface area contributed by atoms with Crippen LogP contribution in [-0.4, -0.2) is 39.4 Å². The molecule has 1 amide bonds. The highest BCUT2D eigenvalue weighted by atomic mass is 35.5. The van der Waals surface area contributed by atoms with Crippen molar-refractivity contribution >= 4 is 46.0 Å². The fraction of sp³-hybridized carbons (Fsp3) is 0.304. The van der Waals surface area contributed by atoms with Crippen molar-refractivity contribution in [2.45, 2.75) is 36.2 Å². The van der Waals surface area contributed by atoms with E-state index >= 15 is 0 Å². The van der Waals surface area contributed by atoms with E-state index in [1.807, 2.05) is 42.5 Å². The average Bonchev–Trinajstić information content (AvgIpc) is 2.78. The van der Waals surface area contributed by atoms with E-state index < -0.39 is 5.54 Å². The van der Waals surface area contributed by atoms with Gasteiger partial charge in [-0.15, -0.1) is 0 Å². The molecule has 0 bridgehead atoms. The van der Waals surface area contributed by atoms with Crippen LogP contribution in [0.25, 0.3) is 10.9 Å².